The van der Waals surface area contributed by atoms with Crippen molar-refractivity contribution in [2.24, 2.45) is 0 Å². The van der Waals surface area contributed by atoms with Gasteiger partial charge in [0.25, 0.3) is 0 Å². The van der Waals surface area contributed by atoms with Crippen LogP contribution in [0, 0.1) is 5.82 Å². The van der Waals surface area contributed by atoms with E-state index in [1.165, 1.54) is 37.8 Å². The minimum Gasteiger partial charge on any atom is -0.444 e. The molecular weight excluding hydrogens is 329 g/mol. The molecule has 2 aliphatic heterocycles. The monoisotopic (exact) mass is 351 g/mol. The normalized spacial score (nSPS) is 25.7. The maximum atomic E-state index is 13.0. The molecule has 1 aromatic carbocycles. The summed E-state index contributed by atoms with van der Waals surface area (Å²) in [6.45, 7) is 0.787. The first-order chi connectivity index (χ1) is 11.2. The third-order valence-electron chi connectivity index (χ3n) is 5.13. The Bertz CT molecular complexity index is 663. The van der Waals surface area contributed by atoms with Crippen LogP contribution in [0.5, 0.6) is 0 Å². The number of nitrogens with zero attached hydrogens (tertiary/aromatic N) is 2. The van der Waals surface area contributed by atoms with Crippen LogP contribution in [0.4, 0.5) is 4.39 Å². The minimum atomic E-state index is -0.249. The van der Waals surface area contributed by atoms with Crippen LogP contribution in [0.1, 0.15) is 31.4 Å². The molecule has 0 amide bonds. The largest absolute Gasteiger partial charge is 0.444 e. The first-order valence-electron chi connectivity index (χ1n) is 8.34. The van der Waals surface area contributed by atoms with Gasteiger partial charge in [-0.3, -0.25) is 4.90 Å². The molecule has 2 bridgehead atoms. The van der Waals surface area contributed by atoms with Gasteiger partial charge in [0.05, 0.1) is 5.69 Å². The summed E-state index contributed by atoms with van der Waals surface area (Å²) in [5.74, 6) is 0.305. The summed E-state index contributed by atoms with van der Waals surface area (Å²) in [5, 5.41) is 3.68. The Kier molecular flexibility index (Phi) is 5.23. The van der Waals surface area contributed by atoms with Gasteiger partial charge in [-0.05, 0) is 57.0 Å². The number of hydrogen-bond acceptors (Lipinski definition) is 4. The van der Waals surface area contributed by atoms with Crippen molar-refractivity contribution < 1.29 is 8.81 Å². The molecule has 0 radical (unpaired) electrons. The molecule has 24 heavy (non-hydrogen) atoms. The van der Waals surface area contributed by atoms with Crippen molar-refractivity contribution in [2.75, 3.05) is 7.05 Å². The highest BCUT2D eigenvalue weighted by Gasteiger charge is 2.35. The molecule has 2 saturated heterocycles. The van der Waals surface area contributed by atoms with Crippen LogP contribution >= 0.6 is 12.4 Å². The first-order valence-corrected chi connectivity index (χ1v) is 8.34. The number of fused-ring (bicyclic) bond motifs is 2. The van der Waals surface area contributed by atoms with Crippen molar-refractivity contribution in [3.05, 3.63) is 42.0 Å². The summed E-state index contributed by atoms with van der Waals surface area (Å²) < 4.78 is 18.6. The Hall–Kier alpha value is -1.43. The molecule has 0 spiro atoms. The SMILES string of the molecule is CN(Cc1coc(-c2ccc(F)cc2)n1)C1CC2CCC(C1)N2.Cl. The van der Waals surface area contributed by atoms with Crippen LogP contribution in [-0.2, 0) is 6.54 Å². The van der Waals surface area contributed by atoms with E-state index in [-0.39, 0.29) is 18.2 Å². The fourth-order valence-electron chi connectivity index (χ4n) is 3.88. The highest BCUT2D eigenvalue weighted by Crippen LogP contribution is 2.30. The van der Waals surface area contributed by atoms with E-state index < -0.39 is 0 Å². The van der Waals surface area contributed by atoms with Gasteiger partial charge in [0, 0.05) is 30.2 Å². The van der Waals surface area contributed by atoms with Crippen molar-refractivity contribution in [2.45, 2.75) is 50.4 Å². The van der Waals surface area contributed by atoms with Gasteiger partial charge < -0.3 is 9.73 Å². The van der Waals surface area contributed by atoms with Crippen LogP contribution in [0.3, 0.4) is 0 Å². The average molecular weight is 352 g/mol. The number of nitrogens with one attached hydrogen (secondary N) is 1. The standard InChI is InChI=1S/C18H22FN3O.ClH/c1-22(17-8-14-6-7-15(9-17)20-14)10-16-11-23-18(21-16)12-2-4-13(19)5-3-12;/h2-5,11,14-15,17,20H,6-10H2,1H3;1H. The van der Waals surface area contributed by atoms with Crippen LogP contribution in [0.25, 0.3) is 11.5 Å². The highest BCUT2D eigenvalue weighted by molar-refractivity contribution is 5.85. The van der Waals surface area contributed by atoms with Gasteiger partial charge in [-0.1, -0.05) is 0 Å². The number of rotatable bonds is 4. The Balaban J connectivity index is 0.00000169. The molecule has 4 nitrogen and oxygen atoms in total. The highest BCUT2D eigenvalue weighted by atomic mass is 35.5. The van der Waals surface area contributed by atoms with E-state index in [9.17, 15) is 4.39 Å². The molecule has 1 aromatic heterocycles. The summed E-state index contributed by atoms with van der Waals surface area (Å²) in [5.41, 5.74) is 1.73. The molecular formula is C18H23ClFN3O. The van der Waals surface area contributed by atoms with E-state index in [4.69, 9.17) is 4.42 Å². The molecule has 0 aliphatic carbocycles. The minimum absolute atomic E-state index is 0. The summed E-state index contributed by atoms with van der Waals surface area (Å²) >= 11 is 0. The van der Waals surface area contributed by atoms with Gasteiger partial charge in [-0.2, -0.15) is 0 Å². The Morgan fingerprint density at radius 3 is 2.54 bits per heavy atom. The zero-order chi connectivity index (χ0) is 15.8. The Labute approximate surface area is 147 Å². The molecule has 2 aliphatic rings. The lowest BCUT2D eigenvalue weighted by molar-refractivity contribution is 0.164. The molecule has 2 atom stereocenters. The predicted octanol–water partition coefficient (Wildman–Crippen LogP) is 3.62. The molecule has 2 unspecified atom stereocenters. The smallest absolute Gasteiger partial charge is 0.226 e. The number of halogens is 2. The molecule has 1 N–H and O–H groups in total. The lowest BCUT2D eigenvalue weighted by atomic mass is 9.98. The maximum absolute atomic E-state index is 13.0. The topological polar surface area (TPSA) is 41.3 Å². The van der Waals surface area contributed by atoms with Crippen molar-refractivity contribution in [3.63, 3.8) is 0 Å². The summed E-state index contributed by atoms with van der Waals surface area (Å²) in [6, 6.07) is 8.23. The van der Waals surface area contributed by atoms with E-state index in [1.54, 1.807) is 18.4 Å². The fraction of sp³-hybridized carbons (Fsp3) is 0.500. The fourth-order valence-corrected chi connectivity index (χ4v) is 3.88. The summed E-state index contributed by atoms with van der Waals surface area (Å²) in [6.07, 6.45) is 6.78. The van der Waals surface area contributed by atoms with Crippen molar-refractivity contribution in [1.82, 2.24) is 15.2 Å². The zero-order valence-corrected chi connectivity index (χ0v) is 14.6. The molecule has 2 fully saturated rings. The van der Waals surface area contributed by atoms with E-state index in [0.717, 1.165) is 17.8 Å². The summed E-state index contributed by atoms with van der Waals surface area (Å²) in [4.78, 5) is 6.94. The molecule has 6 heteroatoms. The molecule has 130 valence electrons. The van der Waals surface area contributed by atoms with Crippen molar-refractivity contribution in [1.29, 1.82) is 0 Å². The van der Waals surface area contributed by atoms with Gasteiger partial charge >= 0.3 is 0 Å². The quantitative estimate of drug-likeness (QED) is 0.913. The van der Waals surface area contributed by atoms with Gasteiger partial charge in [0.1, 0.15) is 12.1 Å². The van der Waals surface area contributed by atoms with Gasteiger partial charge in [0.15, 0.2) is 0 Å². The Morgan fingerprint density at radius 1 is 1.21 bits per heavy atom. The second kappa shape index (κ2) is 7.21. The number of piperidine rings is 1. The first kappa shape index (κ1) is 17.4. The maximum Gasteiger partial charge on any atom is 0.226 e. The summed E-state index contributed by atoms with van der Waals surface area (Å²) in [7, 11) is 2.17. The second-order valence-corrected chi connectivity index (χ2v) is 6.83. The van der Waals surface area contributed by atoms with Crippen molar-refractivity contribution >= 4 is 12.4 Å². The molecule has 4 rings (SSSR count). The number of benzene rings is 1. The van der Waals surface area contributed by atoms with E-state index in [0.29, 0.717) is 24.0 Å². The predicted molar refractivity (Wildman–Crippen MR) is 93.6 cm³/mol. The van der Waals surface area contributed by atoms with Crippen LogP contribution in [0.2, 0.25) is 0 Å². The van der Waals surface area contributed by atoms with Gasteiger partial charge in [-0.15, -0.1) is 12.4 Å². The lowest BCUT2D eigenvalue weighted by Crippen LogP contribution is -2.46. The van der Waals surface area contributed by atoms with Gasteiger partial charge in [0.2, 0.25) is 5.89 Å². The molecule has 2 aromatic rings. The van der Waals surface area contributed by atoms with Crippen molar-refractivity contribution in [3.8, 4) is 11.5 Å². The third-order valence-corrected chi connectivity index (χ3v) is 5.13. The van der Waals surface area contributed by atoms with Gasteiger partial charge in [-0.25, -0.2) is 9.37 Å². The lowest BCUT2D eigenvalue weighted by Gasteiger charge is -2.35. The number of hydrogen-bond donors (Lipinski definition) is 1. The van der Waals surface area contributed by atoms with Crippen LogP contribution < -0.4 is 5.32 Å². The molecule has 3 heterocycles. The average Bonchev–Trinajstić information content (AvgIpc) is 3.14. The van der Waals surface area contributed by atoms with E-state index in [1.807, 2.05) is 0 Å². The number of oxazole rings is 1. The van der Waals surface area contributed by atoms with E-state index >= 15 is 0 Å². The Morgan fingerprint density at radius 2 is 1.88 bits per heavy atom. The van der Waals surface area contributed by atoms with E-state index in [2.05, 4.69) is 22.2 Å². The zero-order valence-electron chi connectivity index (χ0n) is 13.7. The third kappa shape index (κ3) is 3.63. The van der Waals surface area contributed by atoms with Crippen LogP contribution in [-0.4, -0.2) is 35.1 Å². The number of aromatic nitrogens is 1. The molecule has 0 saturated carbocycles. The second-order valence-electron chi connectivity index (χ2n) is 6.83. The van der Waals surface area contributed by atoms with Crippen LogP contribution in [0.15, 0.2) is 34.9 Å².